The predicted octanol–water partition coefficient (Wildman–Crippen LogP) is 0.218. The zero-order chi connectivity index (χ0) is 7.40. The Kier molecular flexibility index (Phi) is 3.02. The van der Waals surface area contributed by atoms with Crippen LogP contribution in [0.15, 0.2) is 0 Å². The van der Waals surface area contributed by atoms with Gasteiger partial charge in [0, 0.05) is 32.1 Å². The molecule has 1 N–H and O–H groups in total. The average Bonchev–Trinajstić information content (AvgIpc) is 1.88. The van der Waals surface area contributed by atoms with Gasteiger partial charge in [-0.3, -0.25) is 0 Å². The summed E-state index contributed by atoms with van der Waals surface area (Å²) in [6, 6.07) is -0.159. The predicted molar refractivity (Wildman–Crippen MR) is 34.3 cm³/mol. The van der Waals surface area contributed by atoms with Crippen LogP contribution in [0.2, 0.25) is 0 Å². The van der Waals surface area contributed by atoms with Crippen LogP contribution < -0.4 is 10.6 Å². The van der Waals surface area contributed by atoms with Gasteiger partial charge in [0.25, 0.3) is 0 Å². The number of nitrogens with one attached hydrogen (secondary N) is 1. The van der Waals surface area contributed by atoms with Crippen molar-refractivity contribution in [1.29, 1.82) is 0 Å². The molecule has 1 fully saturated rings. The minimum absolute atomic E-state index is 0.0903. The Morgan fingerprint density at radius 2 is 2.40 bits per heavy atom. The summed E-state index contributed by atoms with van der Waals surface area (Å²) < 4.78 is 23.5. The van der Waals surface area contributed by atoms with Crippen molar-refractivity contribution in [3.05, 3.63) is 0 Å². The largest absolute Gasteiger partial charge is 0.314 e. The topological polar surface area (TPSA) is 26.1 Å². The van der Waals surface area contributed by atoms with Crippen LogP contribution in [0.3, 0.4) is 0 Å². The fourth-order valence-electron chi connectivity index (χ4n) is 1.02. The van der Waals surface area contributed by atoms with Gasteiger partial charge in [-0.05, 0) is 0 Å². The number of hydrogen-bond acceptors (Lipinski definition) is 1. The van der Waals surface area contributed by atoms with Crippen molar-refractivity contribution >= 4 is 0 Å². The molecule has 4 heteroatoms. The van der Waals surface area contributed by atoms with E-state index in [4.69, 9.17) is 0 Å². The Morgan fingerprint density at radius 3 is 2.90 bits per heavy atom. The SMILES string of the molecule is FC(F)CC1CNCC[N]1. The number of hydrogen-bond donors (Lipinski definition) is 1. The highest BCUT2D eigenvalue weighted by molar-refractivity contribution is 4.75. The molecule has 59 valence electrons. The summed E-state index contributed by atoms with van der Waals surface area (Å²) in [7, 11) is 0. The molecule has 1 unspecified atom stereocenters. The fourth-order valence-corrected chi connectivity index (χ4v) is 1.02. The number of halogens is 2. The average molecular weight is 149 g/mol. The molecule has 1 aliphatic rings. The van der Waals surface area contributed by atoms with Crippen LogP contribution in [-0.2, 0) is 0 Å². The molecule has 1 radical (unpaired) electrons. The number of alkyl halides is 2. The van der Waals surface area contributed by atoms with E-state index in [1.807, 2.05) is 0 Å². The first kappa shape index (κ1) is 7.88. The molecule has 0 saturated carbocycles. The lowest BCUT2D eigenvalue weighted by atomic mass is 10.2. The van der Waals surface area contributed by atoms with E-state index in [2.05, 4.69) is 10.6 Å². The molecule has 0 aromatic heterocycles. The van der Waals surface area contributed by atoms with Gasteiger partial charge in [0.2, 0.25) is 6.43 Å². The van der Waals surface area contributed by atoms with E-state index in [0.29, 0.717) is 13.1 Å². The Bertz CT molecular complexity index is 91.7. The third-order valence-corrected chi connectivity index (χ3v) is 1.51. The Morgan fingerprint density at radius 1 is 1.60 bits per heavy atom. The third kappa shape index (κ3) is 2.58. The van der Waals surface area contributed by atoms with Crippen LogP contribution in [0.1, 0.15) is 6.42 Å². The van der Waals surface area contributed by atoms with E-state index in [1.165, 1.54) is 0 Å². The molecule has 10 heavy (non-hydrogen) atoms. The fraction of sp³-hybridized carbons (Fsp3) is 1.00. The summed E-state index contributed by atoms with van der Waals surface area (Å²) in [6.07, 6.45) is -2.30. The molecule has 2 nitrogen and oxygen atoms in total. The first-order valence-electron chi connectivity index (χ1n) is 3.44. The molecule has 1 aliphatic heterocycles. The molecule has 1 rings (SSSR count). The molecule has 0 spiro atoms. The van der Waals surface area contributed by atoms with E-state index in [-0.39, 0.29) is 12.5 Å². The van der Waals surface area contributed by atoms with E-state index >= 15 is 0 Å². The molecular formula is C6H11F2N2. The van der Waals surface area contributed by atoms with Crippen LogP contribution in [-0.4, -0.2) is 32.1 Å². The van der Waals surface area contributed by atoms with Gasteiger partial charge in [0.15, 0.2) is 0 Å². The van der Waals surface area contributed by atoms with Crippen molar-refractivity contribution in [1.82, 2.24) is 10.6 Å². The minimum atomic E-state index is -2.21. The summed E-state index contributed by atoms with van der Waals surface area (Å²) in [5.41, 5.74) is 0. The van der Waals surface area contributed by atoms with E-state index < -0.39 is 6.43 Å². The van der Waals surface area contributed by atoms with Gasteiger partial charge in [0.05, 0.1) is 0 Å². The second-order valence-electron chi connectivity index (χ2n) is 2.39. The Labute approximate surface area is 59.0 Å². The second kappa shape index (κ2) is 3.83. The highest BCUT2D eigenvalue weighted by atomic mass is 19.3. The summed E-state index contributed by atoms with van der Waals surface area (Å²) in [5, 5.41) is 7.04. The summed E-state index contributed by atoms with van der Waals surface area (Å²) in [6.45, 7) is 2.13. The lowest BCUT2D eigenvalue weighted by Gasteiger charge is -2.21. The number of rotatable bonds is 2. The van der Waals surface area contributed by atoms with Crippen LogP contribution in [0.5, 0.6) is 0 Å². The zero-order valence-corrected chi connectivity index (χ0v) is 5.69. The molecule has 0 aromatic rings. The molecule has 0 aliphatic carbocycles. The highest BCUT2D eigenvalue weighted by Crippen LogP contribution is 2.05. The van der Waals surface area contributed by atoms with Crippen molar-refractivity contribution < 1.29 is 8.78 Å². The highest BCUT2D eigenvalue weighted by Gasteiger charge is 2.17. The number of nitrogens with zero attached hydrogens (tertiary/aromatic N) is 1. The number of piperazine rings is 1. The second-order valence-corrected chi connectivity index (χ2v) is 2.39. The van der Waals surface area contributed by atoms with Gasteiger partial charge in [-0.15, -0.1) is 0 Å². The Balaban J connectivity index is 2.13. The molecular weight excluding hydrogens is 138 g/mol. The standard InChI is InChI=1S/C6H11F2N2/c7-6(8)3-5-4-9-1-2-10-5/h5-6,9H,1-4H2. The maximum Gasteiger partial charge on any atom is 0.240 e. The van der Waals surface area contributed by atoms with Gasteiger partial charge < -0.3 is 5.32 Å². The van der Waals surface area contributed by atoms with Gasteiger partial charge >= 0.3 is 0 Å². The van der Waals surface area contributed by atoms with Crippen molar-refractivity contribution in [3.63, 3.8) is 0 Å². The summed E-state index contributed by atoms with van der Waals surface area (Å²) in [4.78, 5) is 0. The monoisotopic (exact) mass is 149 g/mol. The quantitative estimate of drug-likeness (QED) is 0.597. The summed E-state index contributed by atoms with van der Waals surface area (Å²) in [5.74, 6) is 0. The zero-order valence-electron chi connectivity index (χ0n) is 5.69. The van der Waals surface area contributed by atoms with Crippen molar-refractivity contribution in [2.24, 2.45) is 0 Å². The normalized spacial score (nSPS) is 27.3. The summed E-state index contributed by atoms with van der Waals surface area (Å²) >= 11 is 0. The smallest absolute Gasteiger partial charge is 0.240 e. The lowest BCUT2D eigenvalue weighted by Crippen LogP contribution is -2.44. The van der Waals surface area contributed by atoms with Gasteiger partial charge in [0.1, 0.15) is 0 Å². The third-order valence-electron chi connectivity index (χ3n) is 1.51. The molecule has 1 saturated heterocycles. The van der Waals surface area contributed by atoms with E-state index in [9.17, 15) is 8.78 Å². The first-order chi connectivity index (χ1) is 4.79. The van der Waals surface area contributed by atoms with E-state index in [0.717, 1.165) is 6.54 Å². The van der Waals surface area contributed by atoms with Crippen LogP contribution in [0, 0.1) is 0 Å². The van der Waals surface area contributed by atoms with Crippen LogP contribution in [0.4, 0.5) is 8.78 Å². The maximum atomic E-state index is 11.7. The lowest BCUT2D eigenvalue weighted by molar-refractivity contribution is 0.118. The van der Waals surface area contributed by atoms with Crippen LogP contribution in [0.25, 0.3) is 0 Å². The maximum absolute atomic E-state index is 11.7. The molecule has 0 bridgehead atoms. The first-order valence-corrected chi connectivity index (χ1v) is 3.44. The van der Waals surface area contributed by atoms with Crippen LogP contribution >= 0.6 is 0 Å². The van der Waals surface area contributed by atoms with Crippen molar-refractivity contribution in [2.75, 3.05) is 19.6 Å². The van der Waals surface area contributed by atoms with Gasteiger partial charge in [-0.2, -0.15) is 0 Å². The molecule has 1 atom stereocenters. The Hall–Kier alpha value is -0.220. The van der Waals surface area contributed by atoms with E-state index in [1.54, 1.807) is 0 Å². The van der Waals surface area contributed by atoms with Gasteiger partial charge in [-0.25, -0.2) is 14.1 Å². The molecule has 1 heterocycles. The molecule has 0 aromatic carbocycles. The van der Waals surface area contributed by atoms with Crippen molar-refractivity contribution in [2.45, 2.75) is 18.9 Å². The molecule has 0 amide bonds. The minimum Gasteiger partial charge on any atom is -0.314 e. The van der Waals surface area contributed by atoms with Gasteiger partial charge in [-0.1, -0.05) is 0 Å². The van der Waals surface area contributed by atoms with Crippen molar-refractivity contribution in [3.8, 4) is 0 Å².